The smallest absolute Gasteiger partial charge is 0.236 e. The van der Waals surface area contributed by atoms with Crippen molar-refractivity contribution in [2.75, 3.05) is 19.6 Å². The van der Waals surface area contributed by atoms with Gasteiger partial charge in [-0.1, -0.05) is 19.8 Å². The first-order chi connectivity index (χ1) is 10.2. The van der Waals surface area contributed by atoms with Crippen molar-refractivity contribution in [1.82, 2.24) is 10.2 Å². The van der Waals surface area contributed by atoms with Crippen molar-refractivity contribution in [3.63, 3.8) is 0 Å². The number of fused-ring (bicyclic) bond motifs is 1. The van der Waals surface area contributed by atoms with Gasteiger partial charge in [-0.05, 0) is 54.7 Å². The normalized spacial score (nSPS) is 25.7. The van der Waals surface area contributed by atoms with E-state index in [2.05, 4.69) is 23.7 Å². The molecule has 1 fully saturated rings. The molecule has 0 aromatic carbocycles. The number of amides is 1. The Kier molecular flexibility index (Phi) is 4.96. The minimum atomic E-state index is 0.260. The van der Waals surface area contributed by atoms with Crippen LogP contribution < -0.4 is 5.32 Å². The zero-order valence-electron chi connectivity index (χ0n) is 12.9. The van der Waals surface area contributed by atoms with Crippen LogP contribution in [0.1, 0.15) is 43.0 Å². The molecule has 1 aromatic heterocycles. The first-order valence-electron chi connectivity index (χ1n) is 8.26. The van der Waals surface area contributed by atoms with Crippen molar-refractivity contribution in [3.8, 4) is 0 Å². The number of carbonyl (C=O) groups is 1. The standard InChI is InChI=1S/C17H26N2OS/c1-13-3-2-4-14(9-13)10-18-11-17(20)19-7-5-16-15(12-19)6-8-21-16/h6,8,13-14,18H,2-5,7,9-12H2,1H3. The van der Waals surface area contributed by atoms with Crippen molar-refractivity contribution in [3.05, 3.63) is 21.9 Å². The Morgan fingerprint density at radius 2 is 2.38 bits per heavy atom. The molecule has 2 atom stereocenters. The van der Waals surface area contributed by atoms with E-state index in [0.29, 0.717) is 6.54 Å². The minimum Gasteiger partial charge on any atom is -0.337 e. The predicted molar refractivity (Wildman–Crippen MR) is 87.4 cm³/mol. The van der Waals surface area contributed by atoms with E-state index in [9.17, 15) is 4.79 Å². The second-order valence-electron chi connectivity index (χ2n) is 6.70. The summed E-state index contributed by atoms with van der Waals surface area (Å²) in [6.07, 6.45) is 6.41. The molecule has 2 unspecified atom stereocenters. The van der Waals surface area contributed by atoms with Gasteiger partial charge in [0.1, 0.15) is 0 Å². The highest BCUT2D eigenvalue weighted by molar-refractivity contribution is 7.10. The fourth-order valence-electron chi connectivity index (χ4n) is 3.70. The Balaban J connectivity index is 1.41. The number of hydrogen-bond donors (Lipinski definition) is 1. The van der Waals surface area contributed by atoms with Gasteiger partial charge in [0.15, 0.2) is 0 Å². The third-order valence-electron chi connectivity index (χ3n) is 4.91. The van der Waals surface area contributed by atoms with Crippen LogP contribution in [0, 0.1) is 11.8 Å². The van der Waals surface area contributed by atoms with Gasteiger partial charge < -0.3 is 10.2 Å². The lowest BCUT2D eigenvalue weighted by Gasteiger charge is -2.29. The average Bonchev–Trinajstić information content (AvgIpc) is 2.94. The molecule has 1 saturated carbocycles. The summed E-state index contributed by atoms with van der Waals surface area (Å²) < 4.78 is 0. The molecule has 1 aliphatic heterocycles. The first kappa shape index (κ1) is 15.0. The van der Waals surface area contributed by atoms with Crippen molar-refractivity contribution in [2.45, 2.75) is 45.6 Å². The van der Waals surface area contributed by atoms with E-state index in [1.54, 1.807) is 0 Å². The molecule has 2 heterocycles. The number of hydrogen-bond acceptors (Lipinski definition) is 3. The lowest BCUT2D eigenvalue weighted by Crippen LogP contribution is -2.42. The molecular weight excluding hydrogens is 280 g/mol. The van der Waals surface area contributed by atoms with Gasteiger partial charge in [-0.15, -0.1) is 11.3 Å². The summed E-state index contributed by atoms with van der Waals surface area (Å²) in [5.41, 5.74) is 1.35. The van der Waals surface area contributed by atoms with Gasteiger partial charge >= 0.3 is 0 Å². The zero-order valence-corrected chi connectivity index (χ0v) is 13.8. The second kappa shape index (κ2) is 6.93. The summed E-state index contributed by atoms with van der Waals surface area (Å²) in [6.45, 7) is 5.55. The van der Waals surface area contributed by atoms with Crippen LogP contribution in [-0.4, -0.2) is 30.4 Å². The Hall–Kier alpha value is -0.870. The van der Waals surface area contributed by atoms with E-state index in [1.165, 1.54) is 36.1 Å². The number of nitrogens with one attached hydrogen (secondary N) is 1. The Morgan fingerprint density at radius 1 is 1.48 bits per heavy atom. The summed E-state index contributed by atoms with van der Waals surface area (Å²) in [5, 5.41) is 5.54. The van der Waals surface area contributed by atoms with E-state index in [4.69, 9.17) is 0 Å². The van der Waals surface area contributed by atoms with Crippen LogP contribution in [0.5, 0.6) is 0 Å². The molecule has 1 aliphatic carbocycles. The summed E-state index contributed by atoms with van der Waals surface area (Å²) >= 11 is 1.82. The van der Waals surface area contributed by atoms with E-state index in [1.807, 2.05) is 16.2 Å². The van der Waals surface area contributed by atoms with Crippen molar-refractivity contribution in [2.24, 2.45) is 11.8 Å². The molecule has 116 valence electrons. The van der Waals surface area contributed by atoms with Gasteiger partial charge in [-0.25, -0.2) is 0 Å². The maximum absolute atomic E-state index is 12.3. The molecule has 1 aromatic rings. The summed E-state index contributed by atoms with van der Waals surface area (Å²) in [4.78, 5) is 15.8. The third-order valence-corrected chi connectivity index (χ3v) is 5.94. The highest BCUT2D eigenvalue weighted by Crippen LogP contribution is 2.28. The highest BCUT2D eigenvalue weighted by atomic mass is 32.1. The lowest BCUT2D eigenvalue weighted by atomic mass is 9.82. The fourth-order valence-corrected chi connectivity index (χ4v) is 4.59. The summed E-state index contributed by atoms with van der Waals surface area (Å²) in [7, 11) is 0. The fraction of sp³-hybridized carbons (Fsp3) is 0.706. The molecule has 3 nitrogen and oxygen atoms in total. The predicted octanol–water partition coefficient (Wildman–Crippen LogP) is 3.05. The molecule has 1 N–H and O–H groups in total. The van der Waals surface area contributed by atoms with E-state index in [0.717, 1.165) is 37.9 Å². The van der Waals surface area contributed by atoms with Gasteiger partial charge in [-0.3, -0.25) is 4.79 Å². The van der Waals surface area contributed by atoms with Crippen molar-refractivity contribution >= 4 is 17.2 Å². The third kappa shape index (κ3) is 3.86. The maximum Gasteiger partial charge on any atom is 0.236 e. The minimum absolute atomic E-state index is 0.260. The molecular formula is C17H26N2OS. The maximum atomic E-state index is 12.3. The molecule has 4 heteroatoms. The highest BCUT2D eigenvalue weighted by Gasteiger charge is 2.22. The number of rotatable bonds is 4. The van der Waals surface area contributed by atoms with Crippen LogP contribution in [0.2, 0.25) is 0 Å². The van der Waals surface area contributed by atoms with Crippen LogP contribution >= 0.6 is 11.3 Å². The van der Waals surface area contributed by atoms with Gasteiger partial charge in [0.25, 0.3) is 0 Å². The molecule has 0 spiro atoms. The van der Waals surface area contributed by atoms with Gasteiger partial charge in [0, 0.05) is 18.0 Å². The van der Waals surface area contributed by atoms with Gasteiger partial charge in [0.05, 0.1) is 6.54 Å². The van der Waals surface area contributed by atoms with Crippen molar-refractivity contribution in [1.29, 1.82) is 0 Å². The van der Waals surface area contributed by atoms with Crippen LogP contribution in [0.3, 0.4) is 0 Å². The SMILES string of the molecule is CC1CCCC(CNCC(=O)N2CCc3sccc3C2)C1. The number of thiophene rings is 1. The number of nitrogens with zero attached hydrogens (tertiary/aromatic N) is 1. The largest absolute Gasteiger partial charge is 0.337 e. The Labute approximate surface area is 131 Å². The van der Waals surface area contributed by atoms with Gasteiger partial charge in [0.2, 0.25) is 5.91 Å². The van der Waals surface area contributed by atoms with Crippen LogP contribution in [-0.2, 0) is 17.8 Å². The molecule has 1 amide bonds. The number of carbonyl (C=O) groups excluding carboxylic acids is 1. The van der Waals surface area contributed by atoms with E-state index < -0.39 is 0 Å². The summed E-state index contributed by atoms with van der Waals surface area (Å²) in [5.74, 6) is 1.89. The quantitative estimate of drug-likeness (QED) is 0.927. The summed E-state index contributed by atoms with van der Waals surface area (Å²) in [6, 6.07) is 2.16. The molecule has 0 bridgehead atoms. The first-order valence-corrected chi connectivity index (χ1v) is 9.14. The molecule has 2 aliphatic rings. The zero-order chi connectivity index (χ0) is 14.7. The Morgan fingerprint density at radius 3 is 3.24 bits per heavy atom. The lowest BCUT2D eigenvalue weighted by molar-refractivity contribution is -0.131. The van der Waals surface area contributed by atoms with E-state index >= 15 is 0 Å². The molecule has 21 heavy (non-hydrogen) atoms. The molecule has 0 radical (unpaired) electrons. The van der Waals surface area contributed by atoms with Crippen molar-refractivity contribution < 1.29 is 4.79 Å². The topological polar surface area (TPSA) is 32.3 Å². The van der Waals surface area contributed by atoms with E-state index in [-0.39, 0.29) is 5.91 Å². The monoisotopic (exact) mass is 306 g/mol. The average molecular weight is 306 g/mol. The van der Waals surface area contributed by atoms with Gasteiger partial charge in [-0.2, -0.15) is 0 Å². The Bertz CT molecular complexity index is 485. The molecule has 3 rings (SSSR count). The van der Waals surface area contributed by atoms with Crippen LogP contribution in [0.25, 0.3) is 0 Å². The second-order valence-corrected chi connectivity index (χ2v) is 7.70. The molecule has 0 saturated heterocycles. The van der Waals surface area contributed by atoms with Crippen LogP contribution in [0.15, 0.2) is 11.4 Å². The van der Waals surface area contributed by atoms with Crippen LogP contribution in [0.4, 0.5) is 0 Å².